The second-order valence-corrected chi connectivity index (χ2v) is 4.96. The first kappa shape index (κ1) is 14.2. The number of carbonyl (C=O) groups is 2. The molecular formula is C16H12F2N2O2. The van der Waals surface area contributed by atoms with Crippen molar-refractivity contribution in [3.05, 3.63) is 60.2 Å². The maximum absolute atomic E-state index is 13.2. The fourth-order valence-corrected chi connectivity index (χ4v) is 2.39. The van der Waals surface area contributed by atoms with Gasteiger partial charge in [0.05, 0.1) is 12.1 Å². The summed E-state index contributed by atoms with van der Waals surface area (Å²) in [5.74, 6) is -1.71. The van der Waals surface area contributed by atoms with Gasteiger partial charge in [-0.15, -0.1) is 0 Å². The number of hydrogen-bond acceptors (Lipinski definition) is 3. The van der Waals surface area contributed by atoms with E-state index in [1.165, 1.54) is 42.5 Å². The quantitative estimate of drug-likeness (QED) is 0.887. The summed E-state index contributed by atoms with van der Waals surface area (Å²) in [6.07, 6.45) is -0.0350. The Morgan fingerprint density at radius 1 is 1.00 bits per heavy atom. The molecule has 1 N–H and O–H groups in total. The van der Waals surface area contributed by atoms with E-state index in [1.54, 1.807) is 6.07 Å². The zero-order valence-electron chi connectivity index (χ0n) is 11.4. The largest absolute Gasteiger partial charge is 0.373 e. The van der Waals surface area contributed by atoms with Gasteiger partial charge >= 0.3 is 0 Å². The number of anilines is 2. The fraction of sp³-hybridized carbons (Fsp3) is 0.125. The highest BCUT2D eigenvalue weighted by atomic mass is 19.1. The molecule has 0 radical (unpaired) electrons. The molecule has 1 atom stereocenters. The van der Waals surface area contributed by atoms with Crippen molar-refractivity contribution in [2.75, 3.05) is 10.2 Å². The Hall–Kier alpha value is -2.76. The van der Waals surface area contributed by atoms with Crippen molar-refractivity contribution in [1.29, 1.82) is 0 Å². The highest BCUT2D eigenvalue weighted by Crippen LogP contribution is 2.25. The van der Waals surface area contributed by atoms with Gasteiger partial charge in [-0.1, -0.05) is 6.07 Å². The Bertz CT molecular complexity index is 731. The predicted octanol–water partition coefficient (Wildman–Crippen LogP) is 2.71. The number of benzene rings is 2. The lowest BCUT2D eigenvalue weighted by molar-refractivity contribution is -0.121. The first-order chi connectivity index (χ1) is 10.5. The molecule has 1 unspecified atom stereocenters. The van der Waals surface area contributed by atoms with Gasteiger partial charge in [-0.05, 0) is 42.5 Å². The van der Waals surface area contributed by atoms with Crippen LogP contribution in [0.2, 0.25) is 0 Å². The van der Waals surface area contributed by atoms with Crippen LogP contribution in [0.1, 0.15) is 6.42 Å². The number of hydrogen-bond donors (Lipinski definition) is 1. The molecule has 1 saturated heterocycles. The van der Waals surface area contributed by atoms with E-state index in [0.29, 0.717) is 11.4 Å². The number of carbonyl (C=O) groups excluding carboxylic acids is 2. The van der Waals surface area contributed by atoms with Crippen molar-refractivity contribution in [1.82, 2.24) is 0 Å². The number of halogens is 2. The summed E-state index contributed by atoms with van der Waals surface area (Å²) in [7, 11) is 0. The van der Waals surface area contributed by atoms with Crippen LogP contribution < -0.4 is 10.2 Å². The maximum atomic E-state index is 13.2. The van der Waals surface area contributed by atoms with E-state index in [1.807, 2.05) is 0 Å². The summed E-state index contributed by atoms with van der Waals surface area (Å²) in [6.45, 7) is 0. The zero-order valence-corrected chi connectivity index (χ0v) is 11.4. The van der Waals surface area contributed by atoms with E-state index in [-0.39, 0.29) is 12.3 Å². The molecule has 0 bridgehead atoms. The Kier molecular flexibility index (Phi) is 3.58. The molecule has 2 aromatic rings. The number of imide groups is 1. The van der Waals surface area contributed by atoms with Gasteiger partial charge in [-0.3, -0.25) is 9.59 Å². The van der Waals surface area contributed by atoms with Crippen molar-refractivity contribution in [3.8, 4) is 0 Å². The Morgan fingerprint density at radius 2 is 1.73 bits per heavy atom. The van der Waals surface area contributed by atoms with Crippen molar-refractivity contribution in [3.63, 3.8) is 0 Å². The molecule has 0 aliphatic carbocycles. The third kappa shape index (κ3) is 2.67. The Labute approximate surface area is 125 Å². The van der Waals surface area contributed by atoms with Crippen LogP contribution in [0.4, 0.5) is 20.2 Å². The van der Waals surface area contributed by atoms with Gasteiger partial charge in [-0.2, -0.15) is 0 Å². The average molecular weight is 302 g/mol. The highest BCUT2D eigenvalue weighted by Gasteiger charge is 2.39. The molecular weight excluding hydrogens is 290 g/mol. The van der Waals surface area contributed by atoms with Crippen molar-refractivity contribution in [2.24, 2.45) is 0 Å². The van der Waals surface area contributed by atoms with Crippen LogP contribution in [0.25, 0.3) is 0 Å². The first-order valence-electron chi connectivity index (χ1n) is 6.69. The minimum atomic E-state index is -0.764. The van der Waals surface area contributed by atoms with E-state index >= 15 is 0 Å². The smallest absolute Gasteiger partial charge is 0.256 e. The minimum Gasteiger partial charge on any atom is -0.373 e. The summed E-state index contributed by atoms with van der Waals surface area (Å²) < 4.78 is 26.1. The summed E-state index contributed by atoms with van der Waals surface area (Å²) in [5.41, 5.74) is 0.743. The average Bonchev–Trinajstić information content (AvgIpc) is 2.75. The van der Waals surface area contributed by atoms with E-state index in [0.717, 1.165) is 4.90 Å². The van der Waals surface area contributed by atoms with Gasteiger partial charge in [0.1, 0.15) is 17.7 Å². The normalized spacial score (nSPS) is 17.9. The molecule has 2 amide bonds. The number of nitrogens with one attached hydrogen (secondary N) is 1. The van der Waals surface area contributed by atoms with Crippen molar-refractivity contribution < 1.29 is 18.4 Å². The Balaban J connectivity index is 1.81. The zero-order chi connectivity index (χ0) is 15.7. The molecule has 1 heterocycles. The number of amides is 2. The van der Waals surface area contributed by atoms with Crippen LogP contribution in [0.3, 0.4) is 0 Å². The summed E-state index contributed by atoms with van der Waals surface area (Å²) in [4.78, 5) is 25.4. The van der Waals surface area contributed by atoms with E-state index in [9.17, 15) is 18.4 Å². The third-order valence-electron chi connectivity index (χ3n) is 3.40. The third-order valence-corrected chi connectivity index (χ3v) is 3.40. The molecule has 0 aromatic heterocycles. The molecule has 0 saturated carbocycles. The number of nitrogens with zero attached hydrogens (tertiary/aromatic N) is 1. The molecule has 2 aromatic carbocycles. The van der Waals surface area contributed by atoms with Crippen LogP contribution in [0, 0.1) is 11.6 Å². The van der Waals surface area contributed by atoms with Crippen molar-refractivity contribution in [2.45, 2.75) is 12.5 Å². The van der Waals surface area contributed by atoms with Crippen LogP contribution in [-0.2, 0) is 9.59 Å². The van der Waals surface area contributed by atoms with Gasteiger partial charge in [0, 0.05) is 5.69 Å². The van der Waals surface area contributed by atoms with Crippen LogP contribution in [-0.4, -0.2) is 17.9 Å². The van der Waals surface area contributed by atoms with E-state index < -0.39 is 23.6 Å². The Morgan fingerprint density at radius 3 is 2.41 bits per heavy atom. The molecule has 22 heavy (non-hydrogen) atoms. The fourth-order valence-electron chi connectivity index (χ4n) is 2.39. The van der Waals surface area contributed by atoms with Gasteiger partial charge in [0.15, 0.2) is 0 Å². The lowest BCUT2D eigenvalue weighted by Crippen LogP contribution is -2.34. The molecule has 6 heteroatoms. The highest BCUT2D eigenvalue weighted by molar-refractivity contribution is 6.23. The molecule has 1 aliphatic rings. The van der Waals surface area contributed by atoms with E-state index in [4.69, 9.17) is 0 Å². The second kappa shape index (κ2) is 5.55. The predicted molar refractivity (Wildman–Crippen MR) is 77.3 cm³/mol. The minimum absolute atomic E-state index is 0.0350. The monoisotopic (exact) mass is 302 g/mol. The molecule has 1 aliphatic heterocycles. The topological polar surface area (TPSA) is 49.4 Å². The molecule has 112 valence electrons. The summed E-state index contributed by atoms with van der Waals surface area (Å²) in [6, 6.07) is 10.0. The molecule has 0 spiro atoms. The molecule has 3 rings (SSSR count). The summed E-state index contributed by atoms with van der Waals surface area (Å²) >= 11 is 0. The van der Waals surface area contributed by atoms with Gasteiger partial charge in [0.2, 0.25) is 5.91 Å². The standard InChI is InChI=1S/C16H12F2N2O2/c17-10-4-6-13(7-5-10)20-15(21)9-14(16(20)22)19-12-3-1-2-11(18)8-12/h1-8,14,19H,9H2. The number of rotatable bonds is 3. The maximum Gasteiger partial charge on any atom is 0.256 e. The molecule has 4 nitrogen and oxygen atoms in total. The lowest BCUT2D eigenvalue weighted by atomic mass is 10.2. The van der Waals surface area contributed by atoms with Gasteiger partial charge in [-0.25, -0.2) is 13.7 Å². The van der Waals surface area contributed by atoms with Crippen LogP contribution in [0.5, 0.6) is 0 Å². The molecule has 1 fully saturated rings. The SMILES string of the molecule is O=C1CC(Nc2cccc(F)c2)C(=O)N1c1ccc(F)cc1. The van der Waals surface area contributed by atoms with Crippen LogP contribution >= 0.6 is 0 Å². The van der Waals surface area contributed by atoms with Crippen LogP contribution in [0.15, 0.2) is 48.5 Å². The first-order valence-corrected chi connectivity index (χ1v) is 6.69. The van der Waals surface area contributed by atoms with Gasteiger partial charge in [0.25, 0.3) is 5.91 Å². The van der Waals surface area contributed by atoms with Gasteiger partial charge < -0.3 is 5.32 Å². The second-order valence-electron chi connectivity index (χ2n) is 4.96. The van der Waals surface area contributed by atoms with Crippen molar-refractivity contribution >= 4 is 23.2 Å². The lowest BCUT2D eigenvalue weighted by Gasteiger charge is -2.16. The van der Waals surface area contributed by atoms with E-state index in [2.05, 4.69) is 5.32 Å². The summed E-state index contributed by atoms with van der Waals surface area (Å²) in [5, 5.41) is 2.85.